The third kappa shape index (κ3) is 2.52. The van der Waals surface area contributed by atoms with Crippen molar-refractivity contribution in [2.45, 2.75) is 20.0 Å². The van der Waals surface area contributed by atoms with Gasteiger partial charge in [-0.3, -0.25) is 4.79 Å². The van der Waals surface area contributed by atoms with Gasteiger partial charge in [0.2, 0.25) is 0 Å². The molecule has 0 spiro atoms. The summed E-state index contributed by atoms with van der Waals surface area (Å²) in [7, 11) is 0. The Morgan fingerprint density at radius 3 is 2.45 bits per heavy atom. The highest BCUT2D eigenvalue weighted by Gasteiger charge is 2.24. The molecule has 1 rings (SSSR count). The van der Waals surface area contributed by atoms with Gasteiger partial charge >= 0.3 is 5.97 Å². The van der Waals surface area contributed by atoms with E-state index in [1.165, 1.54) is 6.92 Å². The normalized spacial score (nSPS) is 21.6. The Labute approximate surface area is 67.9 Å². The largest absolute Gasteiger partial charge is 0.462 e. The van der Waals surface area contributed by atoms with Gasteiger partial charge in [0.15, 0.2) is 0 Å². The molecule has 59 valence electrons. The smallest absolute Gasteiger partial charge is 0.302 e. The van der Waals surface area contributed by atoms with Gasteiger partial charge in [0.25, 0.3) is 0 Å². The number of carbonyl (C=O) groups is 1. The first kappa shape index (κ1) is 8.57. The Morgan fingerprint density at radius 1 is 1.45 bits per heavy atom. The fraction of sp³-hybridized carbons (Fsp3) is 0.333. The van der Waals surface area contributed by atoms with Gasteiger partial charge in [-0.05, 0) is 32.6 Å². The van der Waals surface area contributed by atoms with Gasteiger partial charge in [-0.25, -0.2) is 0 Å². The number of hydrogen-bond donors (Lipinski definition) is 0. The highest BCUT2D eigenvalue weighted by molar-refractivity contribution is 5.66. The van der Waals surface area contributed by atoms with Crippen molar-refractivity contribution in [3.05, 3.63) is 31.6 Å². The second kappa shape index (κ2) is 3.74. The molecular weight excluding hydrogens is 140 g/mol. The van der Waals surface area contributed by atoms with Gasteiger partial charge in [0, 0.05) is 12.8 Å². The lowest BCUT2D eigenvalue weighted by molar-refractivity contribution is -0.144. The molecule has 0 aliphatic heterocycles. The molecule has 11 heavy (non-hydrogen) atoms. The first-order valence-corrected chi connectivity index (χ1v) is 3.59. The van der Waals surface area contributed by atoms with Crippen LogP contribution in [0.5, 0.6) is 0 Å². The van der Waals surface area contributed by atoms with E-state index in [9.17, 15) is 4.79 Å². The summed E-state index contributed by atoms with van der Waals surface area (Å²) < 4.78 is 4.96. The Hall–Kier alpha value is -0.530. The molecule has 0 bridgehead atoms. The molecule has 0 aromatic heterocycles. The predicted octanol–water partition coefficient (Wildman–Crippen LogP) is 1.34. The summed E-state index contributed by atoms with van der Waals surface area (Å²) in [6.07, 6.45) is 7.61. The summed E-state index contributed by atoms with van der Waals surface area (Å²) in [6.45, 7) is 3.27. The topological polar surface area (TPSA) is 26.3 Å². The van der Waals surface area contributed by atoms with Crippen molar-refractivity contribution in [2.75, 3.05) is 0 Å². The summed E-state index contributed by atoms with van der Waals surface area (Å²) in [5.74, 6) is 0.805. The standard InChI is InChI=1S/C9H11O2/c1-7(11-8(2)10)9-5-3-4-6-9/h3-7H,1-2H3/t7-/m1/s1. The maximum absolute atomic E-state index is 10.5. The zero-order valence-electron chi connectivity index (χ0n) is 6.70. The number of rotatable bonds is 2. The third-order valence-electron chi connectivity index (χ3n) is 1.50. The molecule has 1 aliphatic rings. The van der Waals surface area contributed by atoms with Gasteiger partial charge in [-0.2, -0.15) is 0 Å². The minimum absolute atomic E-state index is 0.123. The van der Waals surface area contributed by atoms with Gasteiger partial charge < -0.3 is 4.74 Å². The van der Waals surface area contributed by atoms with Crippen LogP contribution >= 0.6 is 0 Å². The summed E-state index contributed by atoms with van der Waals surface area (Å²) >= 11 is 0. The van der Waals surface area contributed by atoms with E-state index in [4.69, 9.17) is 4.74 Å². The van der Waals surface area contributed by atoms with E-state index in [0.717, 1.165) is 5.92 Å². The van der Waals surface area contributed by atoms with Crippen LogP contribution in [-0.2, 0) is 9.53 Å². The van der Waals surface area contributed by atoms with Crippen LogP contribution in [0.1, 0.15) is 13.8 Å². The second-order valence-electron chi connectivity index (χ2n) is 2.47. The molecule has 1 aliphatic carbocycles. The monoisotopic (exact) mass is 151 g/mol. The second-order valence-corrected chi connectivity index (χ2v) is 2.47. The molecule has 0 amide bonds. The van der Waals surface area contributed by atoms with Gasteiger partial charge in [0.05, 0.1) is 0 Å². The van der Waals surface area contributed by atoms with Crippen molar-refractivity contribution < 1.29 is 9.53 Å². The molecule has 5 radical (unpaired) electrons. The Balaban J connectivity index is 2.28. The lowest BCUT2D eigenvalue weighted by atomic mass is 10.0. The van der Waals surface area contributed by atoms with Crippen LogP contribution in [0.4, 0.5) is 0 Å². The Kier molecular flexibility index (Phi) is 2.92. The fourth-order valence-corrected chi connectivity index (χ4v) is 0.977. The molecule has 1 saturated carbocycles. The molecule has 0 heterocycles. The van der Waals surface area contributed by atoms with Crippen LogP contribution in [0, 0.1) is 31.6 Å². The van der Waals surface area contributed by atoms with Crippen LogP contribution in [0.3, 0.4) is 0 Å². The first-order valence-electron chi connectivity index (χ1n) is 3.59. The summed E-state index contributed by atoms with van der Waals surface area (Å²) in [5.41, 5.74) is 0. The zero-order valence-corrected chi connectivity index (χ0v) is 6.70. The summed E-state index contributed by atoms with van der Waals surface area (Å²) in [5, 5.41) is 0. The lowest BCUT2D eigenvalue weighted by Gasteiger charge is -2.16. The molecule has 0 saturated heterocycles. The van der Waals surface area contributed by atoms with Gasteiger partial charge in [0.1, 0.15) is 6.10 Å². The molecule has 2 nitrogen and oxygen atoms in total. The first-order chi connectivity index (χ1) is 5.20. The zero-order chi connectivity index (χ0) is 8.27. The summed E-state index contributed by atoms with van der Waals surface area (Å²) in [4.78, 5) is 10.5. The SMILES string of the molecule is CC(=O)O[C@H](C)[C]1[CH][CH][CH][CH]1. The van der Waals surface area contributed by atoms with Crippen LogP contribution in [0.25, 0.3) is 0 Å². The summed E-state index contributed by atoms with van der Waals surface area (Å²) in [6, 6.07) is 0. The van der Waals surface area contributed by atoms with E-state index in [2.05, 4.69) is 0 Å². The van der Waals surface area contributed by atoms with Crippen LogP contribution in [0.15, 0.2) is 0 Å². The van der Waals surface area contributed by atoms with E-state index in [0.29, 0.717) is 0 Å². The highest BCUT2D eigenvalue weighted by Crippen LogP contribution is 2.27. The molecule has 1 atom stereocenters. The van der Waals surface area contributed by atoms with Crippen LogP contribution in [0.2, 0.25) is 0 Å². The molecule has 0 aromatic carbocycles. The molecule has 1 fully saturated rings. The quantitative estimate of drug-likeness (QED) is 0.557. The van der Waals surface area contributed by atoms with Gasteiger partial charge in [-0.1, -0.05) is 0 Å². The van der Waals surface area contributed by atoms with Crippen molar-refractivity contribution in [2.24, 2.45) is 0 Å². The average Bonchev–Trinajstić information content (AvgIpc) is 2.35. The predicted molar refractivity (Wildman–Crippen MR) is 41.7 cm³/mol. The molecule has 0 N–H and O–H groups in total. The number of carbonyl (C=O) groups excluding carboxylic acids is 1. The van der Waals surface area contributed by atoms with E-state index < -0.39 is 0 Å². The maximum Gasteiger partial charge on any atom is 0.302 e. The van der Waals surface area contributed by atoms with Crippen molar-refractivity contribution >= 4 is 5.97 Å². The average molecular weight is 151 g/mol. The fourth-order valence-electron chi connectivity index (χ4n) is 0.977. The Morgan fingerprint density at radius 2 is 2.00 bits per heavy atom. The third-order valence-corrected chi connectivity index (χ3v) is 1.50. The Bertz CT molecular complexity index is 136. The van der Waals surface area contributed by atoms with E-state index in [-0.39, 0.29) is 12.1 Å². The molecule has 0 aromatic rings. The van der Waals surface area contributed by atoms with Crippen molar-refractivity contribution in [3.8, 4) is 0 Å². The lowest BCUT2D eigenvalue weighted by Crippen LogP contribution is -2.19. The minimum atomic E-state index is -0.237. The minimum Gasteiger partial charge on any atom is -0.462 e. The molecular formula is C9H11O2. The van der Waals surface area contributed by atoms with E-state index in [1.807, 2.05) is 32.6 Å². The van der Waals surface area contributed by atoms with Crippen LogP contribution in [-0.4, -0.2) is 12.1 Å². The highest BCUT2D eigenvalue weighted by atomic mass is 16.5. The van der Waals surface area contributed by atoms with E-state index >= 15 is 0 Å². The van der Waals surface area contributed by atoms with Crippen molar-refractivity contribution in [1.29, 1.82) is 0 Å². The number of esters is 1. The maximum atomic E-state index is 10.5. The molecule has 0 unspecified atom stereocenters. The number of hydrogen-bond acceptors (Lipinski definition) is 2. The van der Waals surface area contributed by atoms with E-state index in [1.54, 1.807) is 0 Å². The van der Waals surface area contributed by atoms with Crippen LogP contribution < -0.4 is 0 Å². The van der Waals surface area contributed by atoms with Gasteiger partial charge in [-0.15, -0.1) is 0 Å². The van der Waals surface area contributed by atoms with Crippen molar-refractivity contribution in [1.82, 2.24) is 0 Å². The number of ether oxygens (including phenoxy) is 1. The van der Waals surface area contributed by atoms with Crippen molar-refractivity contribution in [3.63, 3.8) is 0 Å². The molecule has 2 heteroatoms.